The van der Waals surface area contributed by atoms with Crippen LogP contribution in [0.25, 0.3) is 11.4 Å². The van der Waals surface area contributed by atoms with Gasteiger partial charge in [-0.1, -0.05) is 0 Å². The van der Waals surface area contributed by atoms with E-state index in [9.17, 15) is 9.50 Å². The number of halogens is 1. The van der Waals surface area contributed by atoms with Crippen molar-refractivity contribution in [1.82, 2.24) is 9.97 Å². The predicted molar refractivity (Wildman–Crippen MR) is 55.1 cm³/mol. The van der Waals surface area contributed by atoms with Crippen LogP contribution in [0.4, 0.5) is 4.39 Å². The van der Waals surface area contributed by atoms with Gasteiger partial charge in [0, 0.05) is 5.69 Å². The van der Waals surface area contributed by atoms with Crippen molar-refractivity contribution in [2.24, 2.45) is 0 Å². The molecule has 0 bridgehead atoms. The van der Waals surface area contributed by atoms with Crippen LogP contribution in [0.15, 0.2) is 18.2 Å². The summed E-state index contributed by atoms with van der Waals surface area (Å²) in [4.78, 5) is 7.19. The third kappa shape index (κ3) is 1.70. The van der Waals surface area contributed by atoms with Gasteiger partial charge in [0.1, 0.15) is 17.4 Å². The van der Waals surface area contributed by atoms with E-state index in [1.165, 1.54) is 18.2 Å². The Morgan fingerprint density at radius 3 is 2.67 bits per heavy atom. The summed E-state index contributed by atoms with van der Waals surface area (Å²) in [7, 11) is 0. The SMILES string of the molecule is Cc1nc(-c2cc(F)ccc2O)[nH]c1C. The van der Waals surface area contributed by atoms with Crippen molar-refractivity contribution in [2.45, 2.75) is 13.8 Å². The van der Waals surface area contributed by atoms with Crippen LogP contribution >= 0.6 is 0 Å². The van der Waals surface area contributed by atoms with E-state index in [4.69, 9.17) is 0 Å². The maximum Gasteiger partial charge on any atom is 0.141 e. The first-order valence-electron chi connectivity index (χ1n) is 4.60. The Morgan fingerprint density at radius 1 is 1.33 bits per heavy atom. The maximum absolute atomic E-state index is 13.0. The molecule has 0 amide bonds. The first-order valence-corrected chi connectivity index (χ1v) is 4.60. The summed E-state index contributed by atoms with van der Waals surface area (Å²) in [5, 5.41) is 9.56. The Labute approximate surface area is 86.6 Å². The minimum absolute atomic E-state index is 0.0187. The number of phenols is 1. The second-order valence-corrected chi connectivity index (χ2v) is 3.46. The first-order chi connectivity index (χ1) is 7.08. The number of rotatable bonds is 1. The Balaban J connectivity index is 2.58. The molecule has 2 N–H and O–H groups in total. The van der Waals surface area contributed by atoms with Gasteiger partial charge in [0.2, 0.25) is 0 Å². The molecule has 3 nitrogen and oxygen atoms in total. The van der Waals surface area contributed by atoms with Gasteiger partial charge in [0.15, 0.2) is 0 Å². The van der Waals surface area contributed by atoms with Crippen LogP contribution in [0.3, 0.4) is 0 Å². The topological polar surface area (TPSA) is 48.9 Å². The van der Waals surface area contributed by atoms with Gasteiger partial charge in [-0.05, 0) is 32.0 Å². The number of nitrogens with zero attached hydrogens (tertiary/aromatic N) is 1. The largest absolute Gasteiger partial charge is 0.507 e. The molecule has 0 saturated heterocycles. The van der Waals surface area contributed by atoms with Crippen molar-refractivity contribution < 1.29 is 9.50 Å². The zero-order valence-corrected chi connectivity index (χ0v) is 8.50. The van der Waals surface area contributed by atoms with Gasteiger partial charge in [0.05, 0.1) is 11.3 Å². The molecule has 1 heterocycles. The van der Waals surface area contributed by atoms with Crippen molar-refractivity contribution in [2.75, 3.05) is 0 Å². The minimum atomic E-state index is -0.394. The van der Waals surface area contributed by atoms with E-state index in [1.807, 2.05) is 13.8 Å². The standard InChI is InChI=1S/C11H11FN2O/c1-6-7(2)14-11(13-6)9-5-8(12)3-4-10(9)15/h3-5,15H,1-2H3,(H,13,14). The molecule has 0 aliphatic heterocycles. The fourth-order valence-corrected chi connectivity index (χ4v) is 1.37. The lowest BCUT2D eigenvalue weighted by atomic mass is 10.2. The summed E-state index contributed by atoms with van der Waals surface area (Å²) >= 11 is 0. The second kappa shape index (κ2) is 3.38. The smallest absolute Gasteiger partial charge is 0.141 e. The molecule has 0 spiro atoms. The average molecular weight is 206 g/mol. The van der Waals surface area contributed by atoms with Gasteiger partial charge in [-0.25, -0.2) is 9.37 Å². The summed E-state index contributed by atoms with van der Waals surface area (Å²) in [6.07, 6.45) is 0. The highest BCUT2D eigenvalue weighted by Gasteiger charge is 2.10. The first kappa shape index (κ1) is 9.71. The summed E-state index contributed by atoms with van der Waals surface area (Å²) in [6.45, 7) is 3.73. The Kier molecular flexibility index (Phi) is 2.19. The number of aryl methyl sites for hydroxylation is 2. The van der Waals surface area contributed by atoms with Crippen LogP contribution in [0.1, 0.15) is 11.4 Å². The van der Waals surface area contributed by atoms with Gasteiger partial charge in [0.25, 0.3) is 0 Å². The normalized spacial score (nSPS) is 10.6. The van der Waals surface area contributed by atoms with Gasteiger partial charge in [-0.3, -0.25) is 0 Å². The lowest BCUT2D eigenvalue weighted by molar-refractivity contribution is 0.475. The van der Waals surface area contributed by atoms with Gasteiger partial charge < -0.3 is 10.1 Å². The molecule has 78 valence electrons. The van der Waals surface area contributed by atoms with E-state index >= 15 is 0 Å². The predicted octanol–water partition coefficient (Wildman–Crippen LogP) is 2.54. The molecule has 0 radical (unpaired) electrons. The molecule has 0 saturated carbocycles. The molecule has 1 aromatic carbocycles. The van der Waals surface area contributed by atoms with Crippen molar-refractivity contribution in [3.8, 4) is 17.1 Å². The highest BCUT2D eigenvalue weighted by atomic mass is 19.1. The summed E-state index contributed by atoms with van der Waals surface area (Å²) < 4.78 is 13.0. The average Bonchev–Trinajstić information content (AvgIpc) is 2.51. The van der Waals surface area contributed by atoms with Crippen molar-refractivity contribution >= 4 is 0 Å². The van der Waals surface area contributed by atoms with Crippen LogP contribution < -0.4 is 0 Å². The molecule has 0 atom stereocenters. The quantitative estimate of drug-likeness (QED) is 0.753. The minimum Gasteiger partial charge on any atom is -0.507 e. The van der Waals surface area contributed by atoms with Gasteiger partial charge >= 0.3 is 0 Å². The Morgan fingerprint density at radius 2 is 2.07 bits per heavy atom. The molecule has 0 unspecified atom stereocenters. The van der Waals surface area contributed by atoms with Crippen LogP contribution in [0, 0.1) is 19.7 Å². The highest BCUT2D eigenvalue weighted by Crippen LogP contribution is 2.27. The third-order valence-corrected chi connectivity index (χ3v) is 2.34. The zero-order valence-electron chi connectivity index (χ0n) is 8.50. The van der Waals surface area contributed by atoms with E-state index in [1.54, 1.807) is 0 Å². The lowest BCUT2D eigenvalue weighted by Crippen LogP contribution is -1.84. The van der Waals surface area contributed by atoms with Crippen LogP contribution in [0.5, 0.6) is 5.75 Å². The Bertz CT molecular complexity index is 486. The lowest BCUT2D eigenvalue weighted by Gasteiger charge is -2.00. The van der Waals surface area contributed by atoms with Crippen LogP contribution in [0.2, 0.25) is 0 Å². The molecular formula is C11H11FN2O. The molecule has 0 aliphatic carbocycles. The number of imidazole rings is 1. The van der Waals surface area contributed by atoms with E-state index in [0.29, 0.717) is 11.4 Å². The molecule has 15 heavy (non-hydrogen) atoms. The molecule has 0 fully saturated rings. The van der Waals surface area contributed by atoms with Crippen LogP contribution in [-0.2, 0) is 0 Å². The number of hydrogen-bond donors (Lipinski definition) is 2. The molecular weight excluding hydrogens is 195 g/mol. The molecule has 1 aromatic heterocycles. The number of phenolic OH excluding ortho intramolecular Hbond substituents is 1. The summed E-state index contributed by atoms with van der Waals surface area (Å²) in [6, 6.07) is 3.78. The molecule has 4 heteroatoms. The van der Waals surface area contributed by atoms with Crippen molar-refractivity contribution in [3.63, 3.8) is 0 Å². The van der Waals surface area contributed by atoms with Gasteiger partial charge in [-0.15, -0.1) is 0 Å². The van der Waals surface area contributed by atoms with E-state index in [0.717, 1.165) is 11.4 Å². The maximum atomic E-state index is 13.0. The van der Waals surface area contributed by atoms with E-state index in [-0.39, 0.29) is 5.75 Å². The van der Waals surface area contributed by atoms with Gasteiger partial charge in [-0.2, -0.15) is 0 Å². The number of nitrogens with one attached hydrogen (secondary N) is 1. The number of aromatic hydroxyl groups is 1. The summed E-state index contributed by atoms with van der Waals surface area (Å²) in [5.74, 6) is 0.113. The number of aromatic amines is 1. The zero-order chi connectivity index (χ0) is 11.0. The van der Waals surface area contributed by atoms with E-state index in [2.05, 4.69) is 9.97 Å². The third-order valence-electron chi connectivity index (χ3n) is 2.34. The fraction of sp³-hybridized carbons (Fsp3) is 0.182. The van der Waals surface area contributed by atoms with Crippen molar-refractivity contribution in [3.05, 3.63) is 35.4 Å². The summed E-state index contributed by atoms with van der Waals surface area (Å²) in [5.41, 5.74) is 2.13. The Hall–Kier alpha value is -1.84. The molecule has 2 aromatic rings. The molecule has 0 aliphatic rings. The molecule has 2 rings (SSSR count). The van der Waals surface area contributed by atoms with E-state index < -0.39 is 5.82 Å². The van der Waals surface area contributed by atoms with Crippen molar-refractivity contribution in [1.29, 1.82) is 0 Å². The number of aromatic nitrogens is 2. The monoisotopic (exact) mass is 206 g/mol. The number of hydrogen-bond acceptors (Lipinski definition) is 2. The van der Waals surface area contributed by atoms with Crippen LogP contribution in [-0.4, -0.2) is 15.1 Å². The second-order valence-electron chi connectivity index (χ2n) is 3.46. The number of benzene rings is 1. The fourth-order valence-electron chi connectivity index (χ4n) is 1.37. The number of H-pyrrole nitrogens is 1. The highest BCUT2D eigenvalue weighted by molar-refractivity contribution is 5.64.